The Bertz CT molecular complexity index is 1030. The molecule has 0 fully saturated rings. The summed E-state index contributed by atoms with van der Waals surface area (Å²) in [4.78, 5) is 3.60. The average Bonchev–Trinajstić information content (AvgIpc) is 2.56. The van der Waals surface area contributed by atoms with Crippen molar-refractivity contribution < 1.29 is 4.74 Å². The van der Waals surface area contributed by atoms with E-state index in [0.717, 1.165) is 11.3 Å². The van der Waals surface area contributed by atoms with Crippen molar-refractivity contribution in [2.45, 2.75) is 0 Å². The maximum atomic E-state index is 5.42. The molecule has 0 saturated carbocycles. The Kier molecular flexibility index (Phi) is 3.38. The van der Waals surface area contributed by atoms with Gasteiger partial charge in [0, 0.05) is 0 Å². The van der Waals surface area contributed by atoms with Gasteiger partial charge in [-0.25, -0.2) is 0 Å². The maximum absolute atomic E-state index is 5.42. The molecule has 0 aliphatic carbocycles. The van der Waals surface area contributed by atoms with Crippen molar-refractivity contribution in [3.63, 3.8) is 0 Å². The van der Waals surface area contributed by atoms with Crippen molar-refractivity contribution in [3.05, 3.63) is 66.7 Å². The van der Waals surface area contributed by atoms with Gasteiger partial charge in [-0.2, -0.15) is 0 Å². The molecule has 0 spiro atoms. The third kappa shape index (κ3) is 2.29. The van der Waals surface area contributed by atoms with Gasteiger partial charge >= 0.3 is 134 Å². The van der Waals surface area contributed by atoms with Crippen LogP contribution in [0.15, 0.2) is 66.7 Å². The molecule has 0 radical (unpaired) electrons. The number of methoxy groups -OCH3 is 1. The summed E-state index contributed by atoms with van der Waals surface area (Å²) in [5, 5.41) is 2.49. The van der Waals surface area contributed by atoms with Crippen LogP contribution in [0, 0.1) is 0 Å². The summed E-state index contributed by atoms with van der Waals surface area (Å²) in [5.74, 6) is 0.901. The van der Waals surface area contributed by atoms with E-state index in [1.54, 1.807) is 7.11 Å². The molecule has 1 N–H and O–H groups in total. The van der Waals surface area contributed by atoms with Crippen LogP contribution in [0.2, 0.25) is 0 Å². The number of H-pyrrole nitrogens is 1. The topological polar surface area (TPSA) is 25.0 Å². The number of nitrogens with one attached hydrogen (secondary N) is 1. The Hall–Kier alpha value is -2.22. The second kappa shape index (κ2) is 5.52. The van der Waals surface area contributed by atoms with Crippen LogP contribution in [0.5, 0.6) is 5.75 Å². The van der Waals surface area contributed by atoms with Crippen LogP contribution in [-0.2, 0) is 0 Å². The number of hydrogen-bond donors (Lipinski definition) is 1. The van der Waals surface area contributed by atoms with Gasteiger partial charge in [-0.3, -0.25) is 0 Å². The number of hydrogen-bond acceptors (Lipinski definition) is 1. The van der Waals surface area contributed by atoms with Gasteiger partial charge in [-0.15, -0.1) is 0 Å². The standard InChI is InChI=1S/C19H15NOSe/c1-21-13-10-11-18-15(12-13)14-6-2-3-7-16(14)20-17-8-4-5-9-19(17)22-18/h2-12,20H,1H3. The number of ether oxygens (including phenoxy) is 1. The van der Waals surface area contributed by atoms with Crippen molar-refractivity contribution in [1.82, 2.24) is 4.98 Å². The SMILES string of the molecule is COc1ccc2[se]c3ccccc3[nH]c3ccccc3c2c1. The van der Waals surface area contributed by atoms with Crippen LogP contribution >= 0.6 is 0 Å². The van der Waals surface area contributed by atoms with Gasteiger partial charge in [0.05, 0.1) is 0 Å². The molecule has 0 bridgehead atoms. The van der Waals surface area contributed by atoms with Crippen LogP contribution in [0.1, 0.15) is 0 Å². The molecule has 0 aliphatic rings. The Morgan fingerprint density at radius 2 is 1.55 bits per heavy atom. The third-order valence-electron chi connectivity index (χ3n) is 3.78. The fraction of sp³-hybridized carbons (Fsp3) is 0.0526. The molecule has 0 aliphatic heterocycles. The first-order chi connectivity index (χ1) is 10.8. The van der Waals surface area contributed by atoms with Gasteiger partial charge in [0.25, 0.3) is 0 Å². The molecule has 0 saturated heterocycles. The summed E-state index contributed by atoms with van der Waals surface area (Å²) in [6.07, 6.45) is 0. The molecule has 1 aromatic heterocycles. The van der Waals surface area contributed by atoms with E-state index in [0.29, 0.717) is 0 Å². The molecule has 2 nitrogen and oxygen atoms in total. The third-order valence-corrected chi connectivity index (χ3v) is 6.20. The van der Waals surface area contributed by atoms with Crippen LogP contribution in [-0.4, -0.2) is 26.6 Å². The molecular weight excluding hydrogens is 337 g/mol. The van der Waals surface area contributed by atoms with E-state index >= 15 is 0 Å². The van der Waals surface area contributed by atoms with E-state index in [9.17, 15) is 0 Å². The van der Waals surface area contributed by atoms with E-state index in [1.165, 1.54) is 24.8 Å². The second-order valence-electron chi connectivity index (χ2n) is 5.13. The zero-order chi connectivity index (χ0) is 14.9. The molecule has 0 unspecified atom stereocenters. The average molecular weight is 352 g/mol. The summed E-state index contributed by atoms with van der Waals surface area (Å²) in [7, 11) is 1.72. The summed E-state index contributed by atoms with van der Waals surface area (Å²) in [5.41, 5.74) is 2.34. The molecule has 0 amide bonds. The quantitative estimate of drug-likeness (QED) is 0.495. The molecule has 22 heavy (non-hydrogen) atoms. The normalized spacial score (nSPS) is 11.0. The minimum atomic E-state index is 0.263. The van der Waals surface area contributed by atoms with Gasteiger partial charge in [0.2, 0.25) is 0 Å². The fourth-order valence-electron chi connectivity index (χ4n) is 2.68. The molecule has 4 aromatic rings. The van der Waals surface area contributed by atoms with E-state index < -0.39 is 0 Å². The van der Waals surface area contributed by atoms with Gasteiger partial charge in [0.1, 0.15) is 0 Å². The van der Waals surface area contributed by atoms with Crippen LogP contribution < -0.4 is 4.74 Å². The number of fused-ring (bicyclic) bond motifs is 4. The number of aromatic nitrogens is 1. The van der Waals surface area contributed by atoms with Crippen LogP contribution in [0.4, 0.5) is 0 Å². The summed E-state index contributed by atoms with van der Waals surface area (Å²) >= 11 is 0.263. The Morgan fingerprint density at radius 3 is 2.41 bits per heavy atom. The number of benzene rings is 3. The van der Waals surface area contributed by atoms with Crippen LogP contribution in [0.3, 0.4) is 0 Å². The van der Waals surface area contributed by atoms with Gasteiger partial charge in [0.15, 0.2) is 0 Å². The first-order valence-corrected chi connectivity index (χ1v) is 8.88. The summed E-state index contributed by atoms with van der Waals surface area (Å²) < 4.78 is 8.18. The Balaban J connectivity index is 2.30. The second-order valence-corrected chi connectivity index (χ2v) is 7.40. The van der Waals surface area contributed by atoms with Crippen LogP contribution in [0.25, 0.3) is 30.3 Å². The van der Waals surface area contributed by atoms with Crippen molar-refractivity contribution in [1.29, 1.82) is 0 Å². The molecule has 4 rings (SSSR count). The molecular formula is C19H15NOSe. The summed E-state index contributed by atoms with van der Waals surface area (Å²) in [6.45, 7) is 0. The van der Waals surface area contributed by atoms with Crippen molar-refractivity contribution in [2.75, 3.05) is 7.11 Å². The fourth-order valence-corrected chi connectivity index (χ4v) is 4.84. The molecule has 3 heteroatoms. The molecule has 108 valence electrons. The van der Waals surface area contributed by atoms with Gasteiger partial charge < -0.3 is 0 Å². The predicted molar refractivity (Wildman–Crippen MR) is 94.4 cm³/mol. The summed E-state index contributed by atoms with van der Waals surface area (Å²) in [6, 6.07) is 23.4. The number of aromatic amines is 1. The number of para-hydroxylation sites is 2. The van der Waals surface area contributed by atoms with E-state index in [1.807, 2.05) is 0 Å². The Labute approximate surface area is 134 Å². The van der Waals surface area contributed by atoms with Crippen molar-refractivity contribution in [3.8, 4) is 5.75 Å². The zero-order valence-corrected chi connectivity index (χ0v) is 13.9. The van der Waals surface area contributed by atoms with Gasteiger partial charge in [-0.1, -0.05) is 0 Å². The zero-order valence-electron chi connectivity index (χ0n) is 12.2. The van der Waals surface area contributed by atoms with Gasteiger partial charge in [-0.05, 0) is 0 Å². The molecule has 3 aromatic carbocycles. The minimum absolute atomic E-state index is 0.263. The van der Waals surface area contributed by atoms with E-state index in [2.05, 4.69) is 71.7 Å². The monoisotopic (exact) mass is 353 g/mol. The first kappa shape index (κ1) is 13.4. The van der Waals surface area contributed by atoms with E-state index in [-0.39, 0.29) is 14.5 Å². The predicted octanol–water partition coefficient (Wildman–Crippen LogP) is 4.66. The first-order valence-electron chi connectivity index (χ1n) is 7.16. The van der Waals surface area contributed by atoms with Crippen molar-refractivity contribution >= 4 is 44.8 Å². The molecule has 0 atom stereocenters. The van der Waals surface area contributed by atoms with E-state index in [4.69, 9.17) is 4.74 Å². The number of rotatable bonds is 1. The Morgan fingerprint density at radius 1 is 0.773 bits per heavy atom. The van der Waals surface area contributed by atoms with Crippen molar-refractivity contribution in [2.24, 2.45) is 0 Å². The molecule has 1 heterocycles.